The van der Waals surface area contributed by atoms with Gasteiger partial charge in [-0.15, -0.1) is 0 Å². The summed E-state index contributed by atoms with van der Waals surface area (Å²) in [5.74, 6) is 1.72. The topological polar surface area (TPSA) is 94.1 Å². The second-order valence-electron chi connectivity index (χ2n) is 13.0. The molecule has 52 heavy (non-hydrogen) atoms. The molecule has 0 aromatic heterocycles. The van der Waals surface area contributed by atoms with Crippen molar-refractivity contribution in [2.45, 2.75) is 19.4 Å². The Hall–Kier alpha value is -5.01. The van der Waals surface area contributed by atoms with Crippen LogP contribution < -0.4 is 30.5 Å². The van der Waals surface area contributed by atoms with Crippen molar-refractivity contribution < 1.29 is 37.9 Å². The summed E-state index contributed by atoms with van der Waals surface area (Å²) in [4.78, 5) is 20.7. The zero-order valence-electron chi connectivity index (χ0n) is 30.1. The fraction of sp³-hybridized carbons (Fsp3) is 0.256. The summed E-state index contributed by atoms with van der Waals surface area (Å²) in [6, 6.07) is 49.0. The number of nitrogens with zero attached hydrogens (tertiary/aromatic N) is 1. The van der Waals surface area contributed by atoms with E-state index >= 15 is 0 Å². The zero-order chi connectivity index (χ0) is 37.0. The number of carbonyl (C=O) groups excluding carboxylic acids is 2. The Morgan fingerprint density at radius 1 is 0.577 bits per heavy atom. The van der Waals surface area contributed by atoms with Crippen molar-refractivity contribution >= 4 is 35.7 Å². The Morgan fingerprint density at radius 3 is 1.54 bits per heavy atom. The van der Waals surface area contributed by atoms with Crippen LogP contribution in [-0.4, -0.2) is 70.7 Å². The van der Waals surface area contributed by atoms with Gasteiger partial charge in [0.25, 0.3) is 0 Å². The van der Waals surface area contributed by atoms with Gasteiger partial charge in [0.2, 0.25) is 0 Å². The van der Waals surface area contributed by atoms with Gasteiger partial charge in [-0.25, -0.2) is 0 Å². The van der Waals surface area contributed by atoms with E-state index < -0.39 is 13.3 Å². The quantitative estimate of drug-likeness (QED) is 0.0453. The molecule has 274 valence electrons. The molecular weight excluding hydrogens is 673 g/mol. The van der Waals surface area contributed by atoms with Gasteiger partial charge in [-0.1, -0.05) is 18.2 Å². The third-order valence-electron chi connectivity index (χ3n) is 9.05. The standard InChI is InChI=1S/C42H49NO5P.CH2O2/c1-43(2,29-31-45-32-33-47-38-17-7-3-8-18-38)35-37-25-27-39(28-26-37)46-30-15-16-34-49(48-36-44,40-19-9-4-10-20-40,41-21-11-5-12-22-41)42-23-13-6-14-24-42;2-1-3/h3-14,17-28,36H,15-16,29-35H2,1-2H3;1H,(H,2,3)/q+1;/p-1. The molecule has 0 radical (unpaired) electrons. The summed E-state index contributed by atoms with van der Waals surface area (Å²) in [6.45, 7) is 0.674. The first-order valence-corrected chi connectivity index (χ1v) is 19.9. The minimum absolute atomic E-state index is 0.500. The van der Waals surface area contributed by atoms with E-state index in [0.29, 0.717) is 39.1 Å². The van der Waals surface area contributed by atoms with Crippen molar-refractivity contribution in [3.8, 4) is 11.5 Å². The molecule has 0 aliphatic rings. The van der Waals surface area contributed by atoms with Crippen LogP contribution in [0.1, 0.15) is 18.4 Å². The SMILES string of the molecule is C[N+](C)(CCOCCOc1ccccc1)Cc1ccc(OCCCCP(OC=O)(c2ccccc2)(c2ccccc2)c2ccccc2)cc1.O=C[O-]. The van der Waals surface area contributed by atoms with E-state index in [1.165, 1.54) is 5.56 Å². The van der Waals surface area contributed by atoms with Crippen LogP contribution in [0.3, 0.4) is 0 Å². The third-order valence-corrected chi connectivity index (χ3v) is 14.9. The molecule has 8 nitrogen and oxygen atoms in total. The van der Waals surface area contributed by atoms with Crippen molar-refractivity contribution in [3.05, 3.63) is 151 Å². The number of rotatable bonds is 20. The molecule has 0 N–H and O–H groups in total. The van der Waals surface area contributed by atoms with Crippen molar-refractivity contribution in [2.75, 3.05) is 53.2 Å². The van der Waals surface area contributed by atoms with Gasteiger partial charge in [0, 0.05) is 6.47 Å². The minimum atomic E-state index is -3.63. The first kappa shape index (κ1) is 39.8. The van der Waals surface area contributed by atoms with Crippen molar-refractivity contribution in [3.63, 3.8) is 0 Å². The molecule has 0 fully saturated rings. The molecule has 0 bridgehead atoms. The predicted octanol–water partition coefficient (Wildman–Crippen LogP) is 5.50. The number of hydrogen-bond acceptors (Lipinski definition) is 7. The maximum absolute atomic E-state index is 12.4. The van der Waals surface area contributed by atoms with E-state index in [4.69, 9.17) is 28.6 Å². The number of carboxylic acid groups (broad SMARTS) is 1. The van der Waals surface area contributed by atoms with Crippen LogP contribution in [0.25, 0.3) is 0 Å². The third kappa shape index (κ3) is 10.5. The van der Waals surface area contributed by atoms with Crippen LogP contribution in [0.2, 0.25) is 0 Å². The van der Waals surface area contributed by atoms with Crippen LogP contribution >= 0.6 is 6.83 Å². The summed E-state index contributed by atoms with van der Waals surface area (Å²) in [6.07, 6.45) is 2.31. The van der Waals surface area contributed by atoms with Gasteiger partial charge in [-0.3, -0.25) is 0 Å². The zero-order valence-corrected chi connectivity index (χ0v) is 31.0. The van der Waals surface area contributed by atoms with Gasteiger partial charge >= 0.3 is 227 Å². The molecule has 5 aromatic carbocycles. The van der Waals surface area contributed by atoms with Gasteiger partial charge in [0.1, 0.15) is 12.4 Å². The number of carbonyl (C=O) groups is 2. The molecule has 0 saturated carbocycles. The first-order valence-electron chi connectivity index (χ1n) is 17.5. The molecule has 0 saturated heterocycles. The maximum atomic E-state index is 12.4. The van der Waals surface area contributed by atoms with E-state index in [2.05, 4.69) is 74.8 Å². The average Bonchev–Trinajstić information content (AvgIpc) is 3.18. The van der Waals surface area contributed by atoms with Crippen molar-refractivity contribution in [1.29, 1.82) is 0 Å². The van der Waals surface area contributed by atoms with E-state index in [9.17, 15) is 4.79 Å². The second-order valence-corrected chi connectivity index (χ2v) is 17.7. The fourth-order valence-corrected chi connectivity index (χ4v) is 12.1. The van der Waals surface area contributed by atoms with Gasteiger partial charge in [0.15, 0.2) is 0 Å². The minimum Gasteiger partial charge on any atom is -0.554 e. The van der Waals surface area contributed by atoms with Crippen LogP contribution in [-0.2, 0) is 25.4 Å². The molecule has 0 atom stereocenters. The monoisotopic (exact) mass is 723 g/mol. The molecule has 0 unspecified atom stereocenters. The van der Waals surface area contributed by atoms with Crippen LogP contribution in [0, 0.1) is 0 Å². The maximum Gasteiger partial charge on any atom is 0.0275 e. The number of unbranched alkanes of at least 4 members (excludes halogenated alkanes) is 1. The summed E-state index contributed by atoms with van der Waals surface area (Å²) in [5, 5.41) is 11.4. The van der Waals surface area contributed by atoms with Crippen molar-refractivity contribution in [2.24, 2.45) is 0 Å². The molecule has 0 heterocycles. The van der Waals surface area contributed by atoms with Gasteiger partial charge < -0.3 is 19.4 Å². The number of hydrogen-bond donors (Lipinski definition) is 0. The largest absolute Gasteiger partial charge is 0.554 e. The van der Waals surface area contributed by atoms with Crippen molar-refractivity contribution in [1.82, 2.24) is 0 Å². The average molecular weight is 724 g/mol. The summed E-state index contributed by atoms with van der Waals surface area (Å²) in [5.41, 5.74) is 1.25. The Bertz CT molecular complexity index is 1640. The molecular formula is C43H50NO7P. The predicted molar refractivity (Wildman–Crippen MR) is 208 cm³/mol. The number of para-hydroxylation sites is 1. The molecule has 0 aliphatic heterocycles. The molecule has 5 rings (SSSR count). The van der Waals surface area contributed by atoms with Crippen LogP contribution in [0.5, 0.6) is 11.5 Å². The Balaban J connectivity index is 0.00000195. The molecule has 0 spiro atoms. The van der Waals surface area contributed by atoms with Crippen LogP contribution in [0.4, 0.5) is 0 Å². The fourth-order valence-electron chi connectivity index (χ4n) is 6.51. The molecule has 0 aliphatic carbocycles. The van der Waals surface area contributed by atoms with E-state index in [1.807, 2.05) is 84.9 Å². The number of ether oxygens (including phenoxy) is 3. The Kier molecular flexibility index (Phi) is 15.4. The molecule has 9 heteroatoms. The van der Waals surface area contributed by atoms with E-state index in [1.54, 1.807) is 0 Å². The smallest absolute Gasteiger partial charge is 0.0275 e. The summed E-state index contributed by atoms with van der Waals surface area (Å²) < 4.78 is 25.1. The van der Waals surface area contributed by atoms with Crippen LogP contribution in [0.15, 0.2) is 146 Å². The van der Waals surface area contributed by atoms with E-state index in [-0.39, 0.29) is 0 Å². The Labute approximate surface area is 308 Å². The number of quaternary nitrogens is 1. The van der Waals surface area contributed by atoms with Gasteiger partial charge in [-0.05, 0) is 12.1 Å². The first-order chi connectivity index (χ1) is 25.4. The normalized spacial score (nSPS) is 11.9. The summed E-state index contributed by atoms with van der Waals surface area (Å²) >= 11 is 0. The molecule has 0 amide bonds. The number of benzene rings is 5. The van der Waals surface area contributed by atoms with Gasteiger partial charge in [0.05, 0.1) is 13.2 Å². The Morgan fingerprint density at radius 2 is 1.04 bits per heavy atom. The summed E-state index contributed by atoms with van der Waals surface area (Å²) in [7, 11) is 4.44. The van der Waals surface area contributed by atoms with Gasteiger partial charge in [-0.2, -0.15) is 0 Å². The molecule has 5 aromatic rings. The van der Waals surface area contributed by atoms with E-state index in [0.717, 1.165) is 57.8 Å². The second kappa shape index (κ2) is 20.1. The number of likely N-dealkylation sites (N-methyl/N-ethyl adjacent to an activating group) is 1.